The zero-order valence-corrected chi connectivity index (χ0v) is 11.0. The van der Waals surface area contributed by atoms with Crippen molar-refractivity contribution in [3.63, 3.8) is 0 Å². The maximum atomic E-state index is 12.9. The normalized spacial score (nSPS) is 13.3. The Balaban J connectivity index is 2.81. The summed E-state index contributed by atoms with van der Waals surface area (Å²) >= 11 is 0. The molecule has 102 valence electrons. The van der Waals surface area contributed by atoms with E-state index in [9.17, 15) is 17.2 Å². The monoisotopic (exact) mass is 278 g/mol. The van der Waals surface area contributed by atoms with Crippen LogP contribution in [-0.4, -0.2) is 26.8 Å². The molecule has 0 aliphatic heterocycles. The predicted molar refractivity (Wildman–Crippen MR) is 66.9 cm³/mol. The SMILES string of the molecule is CCNCC(C)S(=O)(=O)Nc1cc(F)cc(F)c1. The van der Waals surface area contributed by atoms with Crippen LogP contribution in [0.5, 0.6) is 0 Å². The topological polar surface area (TPSA) is 58.2 Å². The Morgan fingerprint density at radius 3 is 2.28 bits per heavy atom. The Bertz CT molecular complexity index is 486. The van der Waals surface area contributed by atoms with E-state index in [1.807, 2.05) is 6.92 Å². The minimum Gasteiger partial charge on any atom is -0.316 e. The molecule has 0 amide bonds. The molecule has 4 nitrogen and oxygen atoms in total. The molecule has 1 aromatic carbocycles. The lowest BCUT2D eigenvalue weighted by Gasteiger charge is -2.15. The van der Waals surface area contributed by atoms with E-state index in [0.29, 0.717) is 12.6 Å². The molecular weight excluding hydrogens is 262 g/mol. The molecule has 0 fully saturated rings. The summed E-state index contributed by atoms with van der Waals surface area (Å²) in [5.74, 6) is -1.65. The predicted octanol–water partition coefficient (Wildman–Crippen LogP) is 1.70. The van der Waals surface area contributed by atoms with Gasteiger partial charge in [-0.15, -0.1) is 0 Å². The first-order valence-electron chi connectivity index (χ1n) is 5.53. The van der Waals surface area contributed by atoms with Crippen LogP contribution in [0.25, 0.3) is 0 Å². The van der Waals surface area contributed by atoms with Gasteiger partial charge in [0.25, 0.3) is 0 Å². The van der Waals surface area contributed by atoms with E-state index in [1.165, 1.54) is 6.92 Å². The minimum absolute atomic E-state index is 0.115. The van der Waals surface area contributed by atoms with Crippen molar-refractivity contribution < 1.29 is 17.2 Å². The van der Waals surface area contributed by atoms with Crippen LogP contribution in [0, 0.1) is 11.6 Å². The Hall–Kier alpha value is -1.21. The summed E-state index contributed by atoms with van der Waals surface area (Å²) in [6, 6.07) is 2.54. The fourth-order valence-corrected chi connectivity index (χ4v) is 2.32. The highest BCUT2D eigenvalue weighted by Crippen LogP contribution is 2.15. The standard InChI is InChI=1S/C11H16F2N2O2S/c1-3-14-7-8(2)18(16,17)15-11-5-9(12)4-10(13)6-11/h4-6,8,14-15H,3,7H2,1-2H3. The Kier molecular flexibility index (Phi) is 5.03. The van der Waals surface area contributed by atoms with Gasteiger partial charge in [0.1, 0.15) is 11.6 Å². The number of halogens is 2. The molecule has 0 bridgehead atoms. The molecular formula is C11H16F2N2O2S. The van der Waals surface area contributed by atoms with Gasteiger partial charge in [0.05, 0.1) is 10.9 Å². The molecule has 1 aromatic rings. The van der Waals surface area contributed by atoms with Crippen LogP contribution < -0.4 is 10.0 Å². The molecule has 0 aliphatic rings. The van der Waals surface area contributed by atoms with Gasteiger partial charge < -0.3 is 5.32 Å². The Labute approximate surface area is 105 Å². The first-order valence-corrected chi connectivity index (χ1v) is 7.08. The lowest BCUT2D eigenvalue weighted by Crippen LogP contribution is -2.34. The molecule has 0 heterocycles. The third-order valence-electron chi connectivity index (χ3n) is 2.33. The molecule has 0 aliphatic carbocycles. The highest BCUT2D eigenvalue weighted by Gasteiger charge is 2.20. The molecule has 2 N–H and O–H groups in total. The quantitative estimate of drug-likeness (QED) is 0.832. The fourth-order valence-electron chi connectivity index (χ4n) is 1.33. The van der Waals surface area contributed by atoms with Crippen LogP contribution in [0.3, 0.4) is 0 Å². The number of sulfonamides is 1. The van der Waals surface area contributed by atoms with Crippen LogP contribution in [0.15, 0.2) is 18.2 Å². The van der Waals surface area contributed by atoms with Crippen molar-refractivity contribution in [1.82, 2.24) is 5.32 Å². The molecule has 0 spiro atoms. The summed E-state index contributed by atoms with van der Waals surface area (Å²) < 4.78 is 51.7. The smallest absolute Gasteiger partial charge is 0.236 e. The van der Waals surface area contributed by atoms with Gasteiger partial charge in [-0.05, 0) is 25.6 Å². The lowest BCUT2D eigenvalue weighted by molar-refractivity contribution is 0.578. The first-order chi connectivity index (χ1) is 8.35. The third-order valence-corrected chi connectivity index (χ3v) is 4.08. The molecule has 18 heavy (non-hydrogen) atoms. The summed E-state index contributed by atoms with van der Waals surface area (Å²) in [5, 5.41) is 2.19. The second-order valence-electron chi connectivity index (χ2n) is 3.92. The maximum absolute atomic E-state index is 12.9. The van der Waals surface area contributed by atoms with Crippen LogP contribution >= 0.6 is 0 Å². The molecule has 7 heteroatoms. The number of rotatable bonds is 6. The minimum atomic E-state index is -3.66. The third kappa shape index (κ3) is 4.23. The van der Waals surface area contributed by atoms with Crippen molar-refractivity contribution >= 4 is 15.7 Å². The zero-order chi connectivity index (χ0) is 13.8. The first kappa shape index (κ1) is 14.8. The molecule has 0 saturated heterocycles. The van der Waals surface area contributed by atoms with Crippen LogP contribution in [-0.2, 0) is 10.0 Å². The molecule has 1 atom stereocenters. The fraction of sp³-hybridized carbons (Fsp3) is 0.455. The van der Waals surface area contributed by atoms with E-state index in [2.05, 4.69) is 10.0 Å². The maximum Gasteiger partial charge on any atom is 0.236 e. The van der Waals surface area contributed by atoms with Gasteiger partial charge in [-0.25, -0.2) is 17.2 Å². The highest BCUT2D eigenvalue weighted by atomic mass is 32.2. The van der Waals surface area contributed by atoms with E-state index >= 15 is 0 Å². The van der Waals surface area contributed by atoms with E-state index in [4.69, 9.17) is 0 Å². The van der Waals surface area contributed by atoms with E-state index in [1.54, 1.807) is 0 Å². The van der Waals surface area contributed by atoms with Gasteiger partial charge >= 0.3 is 0 Å². The second kappa shape index (κ2) is 6.10. The Morgan fingerprint density at radius 2 is 1.78 bits per heavy atom. The largest absolute Gasteiger partial charge is 0.316 e. The van der Waals surface area contributed by atoms with Crippen molar-refractivity contribution in [2.75, 3.05) is 17.8 Å². The second-order valence-corrected chi connectivity index (χ2v) is 6.02. The van der Waals surface area contributed by atoms with Crippen molar-refractivity contribution in [1.29, 1.82) is 0 Å². The van der Waals surface area contributed by atoms with Crippen LogP contribution in [0.4, 0.5) is 14.5 Å². The molecule has 1 unspecified atom stereocenters. The molecule has 0 aromatic heterocycles. The van der Waals surface area contributed by atoms with Crippen LogP contribution in [0.1, 0.15) is 13.8 Å². The number of benzene rings is 1. The summed E-state index contributed by atoms with van der Waals surface area (Å²) in [6.07, 6.45) is 0. The average molecular weight is 278 g/mol. The van der Waals surface area contributed by atoms with Gasteiger partial charge in [0, 0.05) is 12.6 Å². The summed E-state index contributed by atoms with van der Waals surface area (Å²) in [6.45, 7) is 4.29. The summed E-state index contributed by atoms with van der Waals surface area (Å²) in [4.78, 5) is 0. The van der Waals surface area contributed by atoms with Crippen molar-refractivity contribution in [2.45, 2.75) is 19.1 Å². The lowest BCUT2D eigenvalue weighted by atomic mass is 10.3. The zero-order valence-electron chi connectivity index (χ0n) is 10.2. The van der Waals surface area contributed by atoms with Crippen molar-refractivity contribution in [3.05, 3.63) is 29.8 Å². The van der Waals surface area contributed by atoms with Crippen LogP contribution in [0.2, 0.25) is 0 Å². The molecule has 0 radical (unpaired) electrons. The van der Waals surface area contributed by atoms with Crippen molar-refractivity contribution in [3.8, 4) is 0 Å². The average Bonchev–Trinajstić information content (AvgIpc) is 2.23. The van der Waals surface area contributed by atoms with Gasteiger partial charge in [0.15, 0.2) is 0 Å². The molecule has 0 saturated carbocycles. The van der Waals surface area contributed by atoms with E-state index in [-0.39, 0.29) is 12.2 Å². The summed E-state index contributed by atoms with van der Waals surface area (Å²) in [7, 11) is -3.66. The summed E-state index contributed by atoms with van der Waals surface area (Å²) in [5.41, 5.74) is -0.115. The Morgan fingerprint density at radius 1 is 1.22 bits per heavy atom. The van der Waals surface area contributed by atoms with Gasteiger partial charge in [-0.3, -0.25) is 4.72 Å². The van der Waals surface area contributed by atoms with Gasteiger partial charge in [0.2, 0.25) is 10.0 Å². The van der Waals surface area contributed by atoms with Crippen molar-refractivity contribution in [2.24, 2.45) is 0 Å². The van der Waals surface area contributed by atoms with E-state index < -0.39 is 26.9 Å². The highest BCUT2D eigenvalue weighted by molar-refractivity contribution is 7.93. The molecule has 1 rings (SSSR count). The number of anilines is 1. The van der Waals surface area contributed by atoms with E-state index in [0.717, 1.165) is 12.1 Å². The van der Waals surface area contributed by atoms with Gasteiger partial charge in [-0.1, -0.05) is 6.92 Å². The van der Waals surface area contributed by atoms with Gasteiger partial charge in [-0.2, -0.15) is 0 Å². The number of hydrogen-bond acceptors (Lipinski definition) is 3. The number of nitrogens with one attached hydrogen (secondary N) is 2. The number of hydrogen-bond donors (Lipinski definition) is 2.